The average molecular weight is 791 g/mol. The Morgan fingerprint density at radius 2 is 1.63 bits per heavy atom. The minimum Gasteiger partial charge on any atom is -0.465 e. The topological polar surface area (TPSA) is 233 Å². The number of benzene rings is 2. The van der Waals surface area contributed by atoms with Gasteiger partial charge in [-0.05, 0) is 50.2 Å². The van der Waals surface area contributed by atoms with Gasteiger partial charge < -0.3 is 19.8 Å². The summed E-state index contributed by atoms with van der Waals surface area (Å²) in [6.45, 7) is 3.88. The van der Waals surface area contributed by atoms with E-state index in [-0.39, 0.29) is 39.3 Å². The van der Waals surface area contributed by atoms with E-state index in [0.717, 1.165) is 26.2 Å². The van der Waals surface area contributed by atoms with E-state index >= 15 is 0 Å². The number of H-pyrrole nitrogens is 1. The second-order valence-corrected chi connectivity index (χ2v) is 12.4. The summed E-state index contributed by atoms with van der Waals surface area (Å²) in [5, 5.41) is 12.5. The highest BCUT2D eigenvalue weighted by molar-refractivity contribution is 7.91. The summed E-state index contributed by atoms with van der Waals surface area (Å²) in [5.41, 5.74) is -5.13. The number of fused-ring (bicyclic) bond motifs is 1. The first-order valence-electron chi connectivity index (χ1n) is 14.7. The van der Waals surface area contributed by atoms with Crippen LogP contribution in [0.2, 0.25) is 0 Å². The van der Waals surface area contributed by atoms with Crippen LogP contribution in [0.1, 0.15) is 47.8 Å². The molecule has 24 heteroatoms. The highest BCUT2D eigenvalue weighted by Gasteiger charge is 2.37. The number of methoxy groups -OCH3 is 1. The first-order valence-corrected chi connectivity index (χ1v) is 16.6. The molecule has 0 saturated carbocycles. The number of anilines is 1. The van der Waals surface area contributed by atoms with Crippen LogP contribution in [0.4, 0.5) is 36.8 Å². The molecule has 17 nitrogen and oxygen atoms in total. The van der Waals surface area contributed by atoms with Gasteiger partial charge in [0, 0.05) is 24.2 Å². The molecule has 0 fully saturated rings. The zero-order valence-corrected chi connectivity index (χ0v) is 29.2. The van der Waals surface area contributed by atoms with Crippen molar-refractivity contribution in [1.82, 2.24) is 25.3 Å². The summed E-state index contributed by atoms with van der Waals surface area (Å²) in [7, 11) is -2.95. The van der Waals surface area contributed by atoms with E-state index in [1.807, 2.05) is 5.43 Å². The molecule has 0 aliphatic rings. The van der Waals surface area contributed by atoms with Crippen molar-refractivity contribution in [3.63, 3.8) is 0 Å². The third-order valence-electron chi connectivity index (χ3n) is 6.61. The average Bonchev–Trinajstić information content (AvgIpc) is 3.07. The van der Waals surface area contributed by atoms with Crippen LogP contribution >= 0.6 is 0 Å². The molecule has 2 heterocycles. The lowest BCUT2D eigenvalue weighted by Gasteiger charge is -2.17. The first-order chi connectivity index (χ1) is 25.0. The second-order valence-electron chi connectivity index (χ2n) is 10.6. The number of rotatable bonds is 8. The fourth-order valence-electron chi connectivity index (χ4n) is 4.46. The molecule has 54 heavy (non-hydrogen) atoms. The lowest BCUT2D eigenvalue weighted by atomic mass is 9.98. The summed E-state index contributed by atoms with van der Waals surface area (Å²) in [5.74, 6) is -1.63. The van der Waals surface area contributed by atoms with Gasteiger partial charge >= 0.3 is 30.1 Å². The number of carbonyl (C=O) groups is 3. The SMILES string of the molecule is CCOC(=O)N/N=C(\C)c1cc(C(=O)OC)c(NC(C)=O)cc1C(F)(F)F.CS(=O)(=O)Nn1c(=O)[nH]c2cc(C(F)(F)F)c(-c3cccnn3)cc2c1=O. The van der Waals surface area contributed by atoms with Crippen molar-refractivity contribution in [3.05, 3.63) is 85.7 Å². The van der Waals surface area contributed by atoms with Gasteiger partial charge in [0.2, 0.25) is 15.9 Å². The van der Waals surface area contributed by atoms with Gasteiger partial charge in [0.1, 0.15) is 0 Å². The Labute approximate surface area is 299 Å². The number of sulfonamides is 1. The van der Waals surface area contributed by atoms with Crippen LogP contribution in [0, 0.1) is 0 Å². The molecular weight excluding hydrogens is 762 g/mol. The Bertz CT molecular complexity index is 2340. The van der Waals surface area contributed by atoms with Gasteiger partial charge in [0.25, 0.3) is 5.56 Å². The van der Waals surface area contributed by atoms with Crippen LogP contribution in [-0.2, 0) is 36.6 Å². The molecule has 0 atom stereocenters. The van der Waals surface area contributed by atoms with E-state index in [2.05, 4.69) is 35.1 Å². The van der Waals surface area contributed by atoms with Crippen molar-refractivity contribution in [3.8, 4) is 11.3 Å². The van der Waals surface area contributed by atoms with Gasteiger partial charge in [-0.25, -0.2) is 33.1 Å². The number of hydrogen-bond donors (Lipinski definition) is 4. The number of hydrogen-bond acceptors (Lipinski definition) is 12. The molecule has 0 unspecified atom stereocenters. The molecule has 0 spiro atoms. The van der Waals surface area contributed by atoms with Crippen molar-refractivity contribution in [2.24, 2.45) is 5.10 Å². The number of carbonyl (C=O) groups excluding carboxylic acids is 3. The van der Waals surface area contributed by atoms with Crippen LogP contribution in [0.15, 0.2) is 57.3 Å². The van der Waals surface area contributed by atoms with E-state index in [4.69, 9.17) is 0 Å². The number of esters is 1. The molecule has 0 radical (unpaired) electrons. The van der Waals surface area contributed by atoms with Crippen molar-refractivity contribution >= 4 is 50.3 Å². The van der Waals surface area contributed by atoms with Crippen LogP contribution in [-0.4, -0.2) is 71.9 Å². The molecule has 2 aromatic carbocycles. The van der Waals surface area contributed by atoms with E-state index in [1.165, 1.54) is 25.3 Å². The normalized spacial score (nSPS) is 11.9. The number of ether oxygens (including phenoxy) is 2. The number of nitrogens with one attached hydrogen (secondary N) is 4. The maximum Gasteiger partial charge on any atom is 0.427 e. The number of hydrazone groups is 1. The second kappa shape index (κ2) is 16.6. The molecule has 2 aromatic heterocycles. The zero-order chi connectivity index (χ0) is 40.8. The number of nitrogens with zero attached hydrogens (tertiary/aromatic N) is 4. The first kappa shape index (κ1) is 42.1. The lowest BCUT2D eigenvalue weighted by molar-refractivity contribution is -0.138. The van der Waals surface area contributed by atoms with Crippen LogP contribution in [0.25, 0.3) is 22.2 Å². The number of halogens is 6. The van der Waals surface area contributed by atoms with Gasteiger partial charge in [-0.3, -0.25) is 9.59 Å². The highest BCUT2D eigenvalue weighted by Crippen LogP contribution is 2.38. The molecule has 4 N–H and O–H groups in total. The van der Waals surface area contributed by atoms with Crippen molar-refractivity contribution in [2.45, 2.75) is 33.1 Å². The third kappa shape index (κ3) is 10.6. The molecule has 0 aliphatic carbocycles. The van der Waals surface area contributed by atoms with Gasteiger partial charge in [0.15, 0.2) is 0 Å². The van der Waals surface area contributed by atoms with E-state index < -0.39 is 79.4 Å². The van der Waals surface area contributed by atoms with E-state index in [1.54, 1.807) is 11.8 Å². The maximum atomic E-state index is 13.5. The fraction of sp³-hybridized carbons (Fsp3) is 0.267. The highest BCUT2D eigenvalue weighted by atomic mass is 32.2. The third-order valence-corrected chi connectivity index (χ3v) is 7.12. The molecule has 0 saturated heterocycles. The standard InChI is InChI=1S/C16H18F3N3O5.C14H10F3N5O4S/c1-5-27-15(25)22-21-8(2)10-6-11(14(24)26-4)13(20-9(3)23)7-12(10)16(17,18)19;1-27(25,26)21-22-12(23)8-5-7(10-3-2-4-18-20-10)9(14(15,16)17)6-11(8)19-13(22)24/h6-7H,5H2,1-4H3,(H,20,23)(H,22,25);2-6,21H,1H3,(H,19,24)/b21-8+;. The number of aromatic amines is 1. The minimum absolute atomic E-state index is 0.0477. The van der Waals surface area contributed by atoms with Gasteiger partial charge in [-0.15, -0.1) is 0 Å². The van der Waals surface area contributed by atoms with Crippen LogP contribution in [0.5, 0.6) is 0 Å². The summed E-state index contributed by atoms with van der Waals surface area (Å²) in [6, 6.07) is 5.58. The van der Waals surface area contributed by atoms with Crippen molar-refractivity contribution in [2.75, 3.05) is 30.1 Å². The minimum atomic E-state index is -4.82. The molecule has 290 valence electrons. The number of amides is 2. The molecule has 2 amide bonds. The Kier molecular flexibility index (Phi) is 12.9. The quantitative estimate of drug-likeness (QED) is 0.0872. The lowest BCUT2D eigenvalue weighted by Crippen LogP contribution is -2.43. The Morgan fingerprint density at radius 3 is 2.15 bits per heavy atom. The predicted molar refractivity (Wildman–Crippen MR) is 179 cm³/mol. The van der Waals surface area contributed by atoms with Gasteiger partial charge in [0.05, 0.1) is 64.7 Å². The summed E-state index contributed by atoms with van der Waals surface area (Å²) in [4.78, 5) is 62.6. The van der Waals surface area contributed by atoms with E-state index in [9.17, 15) is 58.7 Å². The van der Waals surface area contributed by atoms with Gasteiger partial charge in [-0.1, -0.05) is 0 Å². The molecular formula is C30H28F6N8O9S. The zero-order valence-electron chi connectivity index (χ0n) is 28.4. The number of aromatic nitrogens is 4. The molecule has 0 aliphatic heterocycles. The van der Waals surface area contributed by atoms with Crippen LogP contribution in [0.3, 0.4) is 0 Å². The van der Waals surface area contributed by atoms with Crippen molar-refractivity contribution < 1.29 is 58.6 Å². The van der Waals surface area contributed by atoms with Gasteiger partial charge in [-0.2, -0.15) is 46.3 Å². The summed E-state index contributed by atoms with van der Waals surface area (Å²) < 4.78 is 113. The molecule has 4 rings (SSSR count). The Hall–Kier alpha value is -6.33. The van der Waals surface area contributed by atoms with E-state index in [0.29, 0.717) is 18.4 Å². The number of alkyl halides is 6. The smallest absolute Gasteiger partial charge is 0.427 e. The predicted octanol–water partition coefficient (Wildman–Crippen LogP) is 3.59. The molecule has 0 bridgehead atoms. The summed E-state index contributed by atoms with van der Waals surface area (Å²) in [6.07, 6.45) is -8.61. The summed E-state index contributed by atoms with van der Waals surface area (Å²) >= 11 is 0. The Morgan fingerprint density at radius 1 is 0.981 bits per heavy atom. The molecule has 4 aromatic rings. The van der Waals surface area contributed by atoms with Crippen molar-refractivity contribution in [1.29, 1.82) is 0 Å². The monoisotopic (exact) mass is 790 g/mol. The Balaban J connectivity index is 0.000000290. The maximum absolute atomic E-state index is 13.5. The fourth-order valence-corrected chi connectivity index (χ4v) is 4.96. The largest absolute Gasteiger partial charge is 0.465 e. The van der Waals surface area contributed by atoms with Crippen LogP contribution < -0.4 is 26.8 Å².